The van der Waals surface area contributed by atoms with Crippen LogP contribution in [0.25, 0.3) is 0 Å². The quantitative estimate of drug-likeness (QED) is 0.904. The molecule has 0 bridgehead atoms. The minimum Gasteiger partial charge on any atom is -0.389 e. The van der Waals surface area contributed by atoms with E-state index in [-0.39, 0.29) is 5.92 Å². The van der Waals surface area contributed by atoms with Crippen LogP contribution < -0.4 is 4.90 Å². The van der Waals surface area contributed by atoms with Crippen molar-refractivity contribution in [2.24, 2.45) is 11.8 Å². The highest BCUT2D eigenvalue weighted by atomic mass is 16.5. The number of rotatable bonds is 2. The third-order valence-electron chi connectivity index (χ3n) is 5.23. The molecule has 3 heterocycles. The molecule has 2 atom stereocenters. The van der Waals surface area contributed by atoms with Gasteiger partial charge >= 0.3 is 0 Å². The van der Waals surface area contributed by atoms with Gasteiger partial charge in [0.05, 0.1) is 5.60 Å². The van der Waals surface area contributed by atoms with Gasteiger partial charge in [-0.1, -0.05) is 13.0 Å². The van der Waals surface area contributed by atoms with E-state index in [1.807, 2.05) is 12.1 Å². The predicted molar refractivity (Wildman–Crippen MR) is 83.4 cm³/mol. The summed E-state index contributed by atoms with van der Waals surface area (Å²) in [6, 6.07) is 7.60. The second kappa shape index (κ2) is 6.23. The van der Waals surface area contributed by atoms with Crippen LogP contribution in [-0.4, -0.2) is 42.0 Å². The standard InChI is InChI=1S/C17H23N3O2/c1-13-12-20(16-4-2-3-15(11-18)19-16)8-7-17(13,21)14-5-9-22-10-6-14/h2-4,13-14,21H,5-10,12H2,1H3/t13-,17+/m1/s1. The molecule has 0 amide bonds. The van der Waals surface area contributed by atoms with Crippen molar-refractivity contribution in [2.75, 3.05) is 31.2 Å². The number of nitriles is 1. The highest BCUT2D eigenvalue weighted by molar-refractivity contribution is 5.42. The Labute approximate surface area is 131 Å². The van der Waals surface area contributed by atoms with Crippen LogP contribution in [0.5, 0.6) is 0 Å². The van der Waals surface area contributed by atoms with Gasteiger partial charge in [0.15, 0.2) is 0 Å². The molecule has 2 fully saturated rings. The first-order chi connectivity index (χ1) is 10.6. The molecule has 1 aromatic heterocycles. The van der Waals surface area contributed by atoms with Crippen molar-refractivity contribution >= 4 is 5.82 Å². The Morgan fingerprint density at radius 2 is 2.18 bits per heavy atom. The molecule has 0 radical (unpaired) electrons. The van der Waals surface area contributed by atoms with E-state index < -0.39 is 5.60 Å². The zero-order valence-corrected chi connectivity index (χ0v) is 13.0. The third-order valence-corrected chi connectivity index (χ3v) is 5.23. The Bertz CT molecular complexity index is 565. The molecule has 5 heteroatoms. The first kappa shape index (κ1) is 15.3. The lowest BCUT2D eigenvalue weighted by Gasteiger charge is -2.48. The number of hydrogen-bond acceptors (Lipinski definition) is 5. The highest BCUT2D eigenvalue weighted by Gasteiger charge is 2.45. The van der Waals surface area contributed by atoms with E-state index in [9.17, 15) is 5.11 Å². The average Bonchev–Trinajstić information content (AvgIpc) is 2.58. The summed E-state index contributed by atoms with van der Waals surface area (Å²) in [4.78, 5) is 6.55. The second-order valence-corrected chi connectivity index (χ2v) is 6.47. The summed E-state index contributed by atoms with van der Waals surface area (Å²) in [7, 11) is 0. The van der Waals surface area contributed by atoms with E-state index in [1.54, 1.807) is 6.07 Å². The molecule has 0 unspecified atom stereocenters. The lowest BCUT2D eigenvalue weighted by molar-refractivity contribution is -0.108. The molecule has 0 aromatic carbocycles. The topological polar surface area (TPSA) is 69.4 Å². The molecule has 118 valence electrons. The molecule has 1 aromatic rings. The molecular weight excluding hydrogens is 278 g/mol. The fourth-order valence-electron chi connectivity index (χ4n) is 3.81. The van der Waals surface area contributed by atoms with Gasteiger partial charge in [-0.25, -0.2) is 4.98 Å². The van der Waals surface area contributed by atoms with Crippen LogP contribution in [0.1, 0.15) is 31.9 Å². The number of aliphatic hydroxyl groups is 1. The number of anilines is 1. The van der Waals surface area contributed by atoms with E-state index in [2.05, 4.69) is 22.9 Å². The fourth-order valence-corrected chi connectivity index (χ4v) is 3.81. The van der Waals surface area contributed by atoms with Crippen molar-refractivity contribution in [3.05, 3.63) is 23.9 Å². The Kier molecular flexibility index (Phi) is 4.32. The molecule has 0 spiro atoms. The van der Waals surface area contributed by atoms with E-state index >= 15 is 0 Å². The van der Waals surface area contributed by atoms with Crippen LogP contribution in [-0.2, 0) is 4.74 Å². The van der Waals surface area contributed by atoms with Gasteiger partial charge < -0.3 is 14.7 Å². The van der Waals surface area contributed by atoms with Gasteiger partial charge in [0.1, 0.15) is 17.6 Å². The maximum Gasteiger partial charge on any atom is 0.142 e. The molecule has 5 nitrogen and oxygen atoms in total. The largest absolute Gasteiger partial charge is 0.389 e. The number of piperidine rings is 1. The number of hydrogen-bond donors (Lipinski definition) is 1. The fraction of sp³-hybridized carbons (Fsp3) is 0.647. The average molecular weight is 301 g/mol. The molecule has 2 aliphatic rings. The highest BCUT2D eigenvalue weighted by Crippen LogP contribution is 2.40. The van der Waals surface area contributed by atoms with Crippen molar-refractivity contribution in [2.45, 2.75) is 31.8 Å². The van der Waals surface area contributed by atoms with E-state index in [0.29, 0.717) is 11.6 Å². The molecule has 22 heavy (non-hydrogen) atoms. The SMILES string of the molecule is C[C@@H]1CN(c2cccc(C#N)n2)CC[C@@]1(O)C1CCOCC1. The van der Waals surface area contributed by atoms with Crippen molar-refractivity contribution in [1.29, 1.82) is 5.26 Å². The lowest BCUT2D eigenvalue weighted by atomic mass is 9.70. The molecule has 1 N–H and O–H groups in total. The van der Waals surface area contributed by atoms with Crippen LogP contribution in [0.3, 0.4) is 0 Å². The summed E-state index contributed by atoms with van der Waals surface area (Å²) < 4.78 is 5.42. The van der Waals surface area contributed by atoms with Crippen LogP contribution in [0.2, 0.25) is 0 Å². The Hall–Kier alpha value is -1.64. The number of nitrogens with zero attached hydrogens (tertiary/aromatic N) is 3. The van der Waals surface area contributed by atoms with Crippen LogP contribution in [0.4, 0.5) is 5.82 Å². The maximum absolute atomic E-state index is 11.2. The summed E-state index contributed by atoms with van der Waals surface area (Å²) in [5, 5.41) is 20.2. The van der Waals surface area contributed by atoms with Crippen LogP contribution in [0, 0.1) is 23.2 Å². The van der Waals surface area contributed by atoms with Crippen LogP contribution in [0.15, 0.2) is 18.2 Å². The summed E-state index contributed by atoms with van der Waals surface area (Å²) in [6.07, 6.45) is 2.64. The first-order valence-electron chi connectivity index (χ1n) is 8.05. The van der Waals surface area contributed by atoms with Gasteiger partial charge in [-0.05, 0) is 37.3 Å². The Morgan fingerprint density at radius 1 is 1.41 bits per heavy atom. The van der Waals surface area contributed by atoms with Gasteiger partial charge in [-0.15, -0.1) is 0 Å². The monoisotopic (exact) mass is 301 g/mol. The predicted octanol–water partition coefficient (Wildman–Crippen LogP) is 1.96. The minimum absolute atomic E-state index is 0.178. The van der Waals surface area contributed by atoms with Crippen molar-refractivity contribution < 1.29 is 9.84 Å². The van der Waals surface area contributed by atoms with Crippen molar-refractivity contribution in [3.8, 4) is 6.07 Å². The summed E-state index contributed by atoms with van der Waals surface area (Å²) in [5.74, 6) is 1.34. The molecule has 0 saturated carbocycles. The summed E-state index contributed by atoms with van der Waals surface area (Å²) in [5.41, 5.74) is -0.164. The smallest absolute Gasteiger partial charge is 0.142 e. The molecule has 3 rings (SSSR count). The first-order valence-corrected chi connectivity index (χ1v) is 8.05. The van der Waals surface area contributed by atoms with Crippen LogP contribution >= 0.6 is 0 Å². The van der Waals surface area contributed by atoms with E-state index in [1.165, 1.54) is 0 Å². The van der Waals surface area contributed by atoms with Crippen molar-refractivity contribution in [3.63, 3.8) is 0 Å². The number of aromatic nitrogens is 1. The zero-order chi connectivity index (χ0) is 15.6. The van der Waals surface area contributed by atoms with E-state index in [0.717, 1.165) is 51.4 Å². The summed E-state index contributed by atoms with van der Waals surface area (Å²) >= 11 is 0. The van der Waals surface area contributed by atoms with Gasteiger partial charge in [0, 0.05) is 32.2 Å². The lowest BCUT2D eigenvalue weighted by Crippen LogP contribution is -2.56. The summed E-state index contributed by atoms with van der Waals surface area (Å²) in [6.45, 7) is 5.19. The van der Waals surface area contributed by atoms with Gasteiger partial charge in [0.25, 0.3) is 0 Å². The molecular formula is C17H23N3O2. The Morgan fingerprint density at radius 3 is 2.86 bits per heavy atom. The minimum atomic E-state index is -0.604. The number of pyridine rings is 1. The maximum atomic E-state index is 11.2. The van der Waals surface area contributed by atoms with Gasteiger partial charge in [-0.3, -0.25) is 0 Å². The molecule has 0 aliphatic carbocycles. The van der Waals surface area contributed by atoms with Gasteiger partial charge in [0.2, 0.25) is 0 Å². The second-order valence-electron chi connectivity index (χ2n) is 6.47. The van der Waals surface area contributed by atoms with Gasteiger partial charge in [-0.2, -0.15) is 5.26 Å². The molecule has 2 aliphatic heterocycles. The normalized spacial score (nSPS) is 30.0. The number of ether oxygens (including phenoxy) is 1. The Balaban J connectivity index is 1.72. The van der Waals surface area contributed by atoms with E-state index in [4.69, 9.17) is 10.00 Å². The molecule has 2 saturated heterocycles. The van der Waals surface area contributed by atoms with Crippen molar-refractivity contribution in [1.82, 2.24) is 4.98 Å². The third kappa shape index (κ3) is 2.81. The zero-order valence-electron chi connectivity index (χ0n) is 13.0.